The molecule has 37 heavy (non-hydrogen) atoms. The van der Waals surface area contributed by atoms with E-state index in [2.05, 4.69) is 4.98 Å². The van der Waals surface area contributed by atoms with E-state index in [1.807, 2.05) is 48.2 Å². The molecule has 1 saturated carbocycles. The first kappa shape index (κ1) is 26.5. The number of halogens is 3. The lowest BCUT2D eigenvalue weighted by molar-refractivity contribution is -0.139. The van der Waals surface area contributed by atoms with Crippen LogP contribution < -0.4 is 14.4 Å². The van der Waals surface area contributed by atoms with Gasteiger partial charge in [-0.2, -0.15) is 13.2 Å². The van der Waals surface area contributed by atoms with Crippen LogP contribution in [0.3, 0.4) is 0 Å². The average Bonchev–Trinajstić information content (AvgIpc) is 2.88. The number of aryl methyl sites for hydroxylation is 1. The van der Waals surface area contributed by atoms with Crippen molar-refractivity contribution in [3.8, 4) is 11.5 Å². The molecule has 4 rings (SSSR count). The number of benzene rings is 2. The van der Waals surface area contributed by atoms with Gasteiger partial charge in [0.15, 0.2) is 0 Å². The molecule has 3 aromatic rings. The SMILES string of the molecule is COc1ccc(CN(c2ccc(OC)cc2)c2cc(C)c(C(F)(F)F)c(C3CC(=O)CCC3C)n2)cc1. The summed E-state index contributed by atoms with van der Waals surface area (Å²) in [5.41, 5.74) is 0.991. The smallest absolute Gasteiger partial charge is 0.418 e. The number of ether oxygens (including phenoxy) is 2. The quantitative estimate of drug-likeness (QED) is 0.334. The maximum atomic E-state index is 14.3. The number of hydrogen-bond acceptors (Lipinski definition) is 5. The summed E-state index contributed by atoms with van der Waals surface area (Å²) in [5, 5.41) is 0. The number of anilines is 2. The first-order chi connectivity index (χ1) is 17.6. The summed E-state index contributed by atoms with van der Waals surface area (Å²) in [6, 6.07) is 16.3. The summed E-state index contributed by atoms with van der Waals surface area (Å²) in [5.74, 6) is 1.08. The fourth-order valence-corrected chi connectivity index (χ4v) is 4.94. The number of methoxy groups -OCH3 is 2. The third kappa shape index (κ3) is 5.89. The van der Waals surface area contributed by atoms with E-state index in [9.17, 15) is 18.0 Å². The molecule has 0 amide bonds. The number of carbonyl (C=O) groups excluding carboxylic acids is 1. The molecule has 2 atom stereocenters. The molecule has 0 spiro atoms. The summed E-state index contributed by atoms with van der Waals surface area (Å²) >= 11 is 0. The Morgan fingerprint density at radius 1 is 1.00 bits per heavy atom. The second-order valence-corrected chi connectivity index (χ2v) is 9.55. The van der Waals surface area contributed by atoms with Gasteiger partial charge in [0.05, 0.1) is 25.5 Å². The Hall–Kier alpha value is -3.55. The molecule has 5 nitrogen and oxygen atoms in total. The van der Waals surface area contributed by atoms with Gasteiger partial charge in [0, 0.05) is 31.0 Å². The summed E-state index contributed by atoms with van der Waals surface area (Å²) < 4.78 is 53.4. The van der Waals surface area contributed by atoms with Crippen molar-refractivity contribution in [3.05, 3.63) is 77.0 Å². The normalized spacial score (nSPS) is 18.0. The maximum Gasteiger partial charge on any atom is 0.418 e. The van der Waals surface area contributed by atoms with Gasteiger partial charge in [0.25, 0.3) is 0 Å². The van der Waals surface area contributed by atoms with Crippen molar-refractivity contribution in [3.63, 3.8) is 0 Å². The highest BCUT2D eigenvalue weighted by Crippen LogP contribution is 2.44. The molecule has 8 heteroatoms. The third-order valence-electron chi connectivity index (χ3n) is 7.04. The predicted octanol–water partition coefficient (Wildman–Crippen LogP) is 7.24. The zero-order chi connectivity index (χ0) is 26.7. The van der Waals surface area contributed by atoms with Gasteiger partial charge in [0.1, 0.15) is 23.1 Å². The highest BCUT2D eigenvalue weighted by molar-refractivity contribution is 5.80. The van der Waals surface area contributed by atoms with E-state index in [-0.39, 0.29) is 29.4 Å². The van der Waals surface area contributed by atoms with Crippen LogP contribution in [-0.2, 0) is 17.5 Å². The predicted molar refractivity (Wildman–Crippen MR) is 137 cm³/mol. The van der Waals surface area contributed by atoms with Crippen molar-refractivity contribution in [2.24, 2.45) is 5.92 Å². The topological polar surface area (TPSA) is 51.7 Å². The minimum Gasteiger partial charge on any atom is -0.497 e. The monoisotopic (exact) mass is 512 g/mol. The van der Waals surface area contributed by atoms with Crippen molar-refractivity contribution >= 4 is 17.3 Å². The van der Waals surface area contributed by atoms with Crippen LogP contribution in [0.4, 0.5) is 24.7 Å². The van der Waals surface area contributed by atoms with Crippen LogP contribution in [0.15, 0.2) is 54.6 Å². The molecule has 2 unspecified atom stereocenters. The fourth-order valence-electron chi connectivity index (χ4n) is 4.94. The zero-order valence-electron chi connectivity index (χ0n) is 21.4. The highest BCUT2D eigenvalue weighted by atomic mass is 19.4. The van der Waals surface area contributed by atoms with Crippen LogP contribution >= 0.6 is 0 Å². The van der Waals surface area contributed by atoms with Crippen LogP contribution in [0.1, 0.15) is 54.5 Å². The molecular weight excluding hydrogens is 481 g/mol. The largest absolute Gasteiger partial charge is 0.497 e. The molecule has 0 bridgehead atoms. The Bertz CT molecular complexity index is 1240. The number of carbonyl (C=O) groups is 1. The molecule has 196 valence electrons. The summed E-state index contributed by atoms with van der Waals surface area (Å²) in [6.45, 7) is 3.73. The van der Waals surface area contributed by atoms with Gasteiger partial charge in [-0.05, 0) is 72.9 Å². The Kier molecular flexibility index (Phi) is 7.76. The highest BCUT2D eigenvalue weighted by Gasteiger charge is 2.41. The molecular formula is C29H31F3N2O3. The van der Waals surface area contributed by atoms with Crippen LogP contribution in [0.5, 0.6) is 11.5 Å². The van der Waals surface area contributed by atoms with Gasteiger partial charge in [-0.3, -0.25) is 4.79 Å². The maximum absolute atomic E-state index is 14.3. The lowest BCUT2D eigenvalue weighted by Crippen LogP contribution is -2.27. The molecule has 0 aliphatic heterocycles. The lowest BCUT2D eigenvalue weighted by Gasteiger charge is -2.32. The van der Waals surface area contributed by atoms with Crippen LogP contribution in [-0.4, -0.2) is 25.0 Å². The number of pyridine rings is 1. The number of aromatic nitrogens is 1. The van der Waals surface area contributed by atoms with E-state index in [4.69, 9.17) is 9.47 Å². The number of Topliss-reactive ketones (excluding diaryl/α,β-unsaturated/α-hetero) is 1. The molecule has 1 aromatic heterocycles. The molecule has 1 fully saturated rings. The zero-order valence-corrected chi connectivity index (χ0v) is 21.4. The van der Waals surface area contributed by atoms with Crippen molar-refractivity contribution in [1.29, 1.82) is 0 Å². The van der Waals surface area contributed by atoms with E-state index in [1.165, 1.54) is 13.0 Å². The summed E-state index contributed by atoms with van der Waals surface area (Å²) in [4.78, 5) is 18.8. The van der Waals surface area contributed by atoms with Gasteiger partial charge < -0.3 is 14.4 Å². The standard InChI is InChI=1S/C29H31F3N2O3/c1-18-5-10-22(35)16-25(18)28-27(29(30,31)32)19(2)15-26(33-28)34(21-8-13-24(37-4)14-9-21)17-20-6-11-23(36-3)12-7-20/h6-9,11-15,18,25H,5,10,16-17H2,1-4H3. The third-order valence-corrected chi connectivity index (χ3v) is 7.04. The first-order valence-electron chi connectivity index (χ1n) is 12.3. The van der Waals surface area contributed by atoms with Crippen molar-refractivity contribution in [2.75, 3.05) is 19.1 Å². The Morgan fingerprint density at radius 3 is 2.16 bits per heavy atom. The first-order valence-corrected chi connectivity index (χ1v) is 12.3. The minimum atomic E-state index is -4.58. The number of nitrogens with zero attached hydrogens (tertiary/aromatic N) is 2. The molecule has 1 aliphatic rings. The van der Waals surface area contributed by atoms with Crippen molar-refractivity contribution in [1.82, 2.24) is 4.98 Å². The second-order valence-electron chi connectivity index (χ2n) is 9.55. The number of alkyl halides is 3. The second kappa shape index (κ2) is 10.8. The lowest BCUT2D eigenvalue weighted by atomic mass is 9.76. The molecule has 0 N–H and O–H groups in total. The Morgan fingerprint density at radius 2 is 1.59 bits per heavy atom. The van der Waals surface area contributed by atoms with E-state index in [0.29, 0.717) is 36.7 Å². The summed E-state index contributed by atoms with van der Waals surface area (Å²) in [7, 11) is 3.16. The average molecular weight is 513 g/mol. The van der Waals surface area contributed by atoms with Crippen molar-refractivity contribution < 1.29 is 27.4 Å². The molecule has 2 aromatic carbocycles. The Balaban J connectivity index is 1.86. The minimum absolute atomic E-state index is 0.0219. The van der Waals surface area contributed by atoms with Gasteiger partial charge in [-0.1, -0.05) is 19.1 Å². The van der Waals surface area contributed by atoms with E-state index in [1.54, 1.807) is 26.4 Å². The van der Waals surface area contributed by atoms with Gasteiger partial charge in [0.2, 0.25) is 0 Å². The van der Waals surface area contributed by atoms with Crippen LogP contribution in [0.2, 0.25) is 0 Å². The van der Waals surface area contributed by atoms with Crippen molar-refractivity contribution in [2.45, 2.75) is 51.7 Å². The molecule has 0 radical (unpaired) electrons. The van der Waals surface area contributed by atoms with Crippen LogP contribution in [0, 0.1) is 12.8 Å². The Labute approximate surface area is 215 Å². The van der Waals surface area contributed by atoms with E-state index >= 15 is 0 Å². The summed E-state index contributed by atoms with van der Waals surface area (Å²) in [6.07, 6.45) is -3.56. The van der Waals surface area contributed by atoms with Gasteiger partial charge in [-0.25, -0.2) is 4.98 Å². The molecule has 1 heterocycles. The van der Waals surface area contributed by atoms with E-state index < -0.39 is 17.7 Å². The van der Waals surface area contributed by atoms with Crippen LogP contribution in [0.25, 0.3) is 0 Å². The number of ketones is 1. The number of hydrogen-bond donors (Lipinski definition) is 0. The fraction of sp³-hybridized carbons (Fsp3) is 0.379. The van der Waals surface area contributed by atoms with E-state index in [0.717, 1.165) is 11.3 Å². The van der Waals surface area contributed by atoms with Gasteiger partial charge >= 0.3 is 6.18 Å². The number of rotatable bonds is 7. The molecule has 0 saturated heterocycles. The molecule has 1 aliphatic carbocycles. The van der Waals surface area contributed by atoms with Gasteiger partial charge in [-0.15, -0.1) is 0 Å².